The topological polar surface area (TPSA) is 119 Å². The Labute approximate surface area is 139 Å². The number of nitrogens with zero attached hydrogens (tertiary/aromatic N) is 2. The first-order valence-corrected chi connectivity index (χ1v) is 9.35. The minimum atomic E-state index is -4.35. The highest BCUT2D eigenvalue weighted by molar-refractivity contribution is 7.99. The number of aromatic nitrogens is 3. The summed E-state index contributed by atoms with van der Waals surface area (Å²) in [6.45, 7) is 0. The van der Waals surface area contributed by atoms with Gasteiger partial charge in [-0.05, 0) is 24.3 Å². The van der Waals surface area contributed by atoms with Gasteiger partial charge in [0.25, 0.3) is 0 Å². The van der Waals surface area contributed by atoms with E-state index in [1.165, 1.54) is 48.5 Å². The minimum Gasteiger partial charge on any atom is -0.266 e. The van der Waals surface area contributed by atoms with E-state index in [0.717, 1.165) is 0 Å². The summed E-state index contributed by atoms with van der Waals surface area (Å²) in [5.41, 5.74) is 0. The van der Waals surface area contributed by atoms with Crippen molar-refractivity contribution in [1.82, 2.24) is 15.4 Å². The fourth-order valence-corrected chi connectivity index (χ4v) is 4.09. The highest BCUT2D eigenvalue weighted by atomic mass is 32.3. The number of rotatable bonds is 4. The molecular weight excluding hydrogens is 354 g/mol. The summed E-state index contributed by atoms with van der Waals surface area (Å²) in [7, 11) is -8.71. The summed E-state index contributed by atoms with van der Waals surface area (Å²) in [6.07, 6.45) is 3.24. The van der Waals surface area contributed by atoms with Crippen LogP contribution in [0.25, 0.3) is 0 Å². The quantitative estimate of drug-likeness (QED) is 0.743. The molecule has 0 aliphatic heterocycles. The lowest BCUT2D eigenvalue weighted by Crippen LogP contribution is -2.14. The van der Waals surface area contributed by atoms with E-state index in [1.54, 1.807) is 24.5 Å². The van der Waals surface area contributed by atoms with Crippen molar-refractivity contribution in [3.63, 3.8) is 0 Å². The van der Waals surface area contributed by atoms with Crippen LogP contribution in [-0.2, 0) is 23.9 Å². The van der Waals surface area contributed by atoms with Gasteiger partial charge in [0, 0.05) is 6.20 Å². The molecule has 126 valence electrons. The second-order valence-corrected chi connectivity index (χ2v) is 7.57. The van der Waals surface area contributed by atoms with Crippen molar-refractivity contribution in [3.05, 3.63) is 73.1 Å². The summed E-state index contributed by atoms with van der Waals surface area (Å²) in [6, 6.07) is 14.2. The van der Waals surface area contributed by atoms with Crippen molar-refractivity contribution in [2.45, 2.75) is 9.79 Å². The summed E-state index contributed by atoms with van der Waals surface area (Å²) in [4.78, 5) is -0.427. The molecule has 0 aliphatic carbocycles. The van der Waals surface area contributed by atoms with Crippen molar-refractivity contribution < 1.29 is 20.5 Å². The van der Waals surface area contributed by atoms with E-state index in [1.807, 2.05) is 0 Å². The molecule has 2 aromatic carbocycles. The molecule has 0 fully saturated rings. The maximum absolute atomic E-state index is 11.8. The fraction of sp³-hybridized carbons (Fsp3) is 0. The number of hydrogen-bond donors (Lipinski definition) is 1. The van der Waals surface area contributed by atoms with Crippen LogP contribution >= 0.6 is 0 Å². The monoisotopic (exact) mass is 367 g/mol. The van der Waals surface area contributed by atoms with Gasteiger partial charge in [0.1, 0.15) is 0 Å². The molecule has 0 unspecified atom stereocenters. The zero-order chi connectivity index (χ0) is 17.5. The highest BCUT2D eigenvalue weighted by Crippen LogP contribution is 2.19. The molecule has 1 N–H and O–H groups in total. The van der Waals surface area contributed by atoms with E-state index in [0.29, 0.717) is 0 Å². The van der Waals surface area contributed by atoms with Crippen LogP contribution < -0.4 is 0 Å². The van der Waals surface area contributed by atoms with E-state index in [4.69, 9.17) is 0 Å². The van der Waals surface area contributed by atoms with Gasteiger partial charge >= 0.3 is 20.2 Å². The molecule has 1 aromatic heterocycles. The number of nitrogens with one attached hydrogen (secondary N) is 1. The van der Waals surface area contributed by atoms with E-state index < -0.39 is 20.2 Å². The molecule has 3 rings (SSSR count). The number of aromatic amines is 1. The summed E-state index contributed by atoms with van der Waals surface area (Å²) in [5, 5.41) is 9.26. The van der Waals surface area contributed by atoms with Gasteiger partial charge in [-0.3, -0.25) is 5.10 Å². The molecule has 0 atom stereocenters. The van der Waals surface area contributed by atoms with Crippen molar-refractivity contribution in [2.24, 2.45) is 0 Å². The Morgan fingerprint density at radius 3 is 1.50 bits per heavy atom. The van der Waals surface area contributed by atoms with Gasteiger partial charge in [-0.25, -0.2) is 0 Å². The SMILES string of the molecule is O=S(=O)(OS(=O)(=O)c1ccccc1)c1ccccc1.c1c[nH]nn1. The van der Waals surface area contributed by atoms with Crippen molar-refractivity contribution >= 4 is 20.2 Å². The predicted molar refractivity (Wildman–Crippen MR) is 84.7 cm³/mol. The summed E-state index contributed by atoms with van der Waals surface area (Å²) < 4.78 is 51.6. The molecule has 0 amide bonds. The highest BCUT2D eigenvalue weighted by Gasteiger charge is 2.26. The second kappa shape index (κ2) is 7.81. The molecule has 0 saturated heterocycles. The molecule has 10 heteroatoms. The van der Waals surface area contributed by atoms with E-state index in [9.17, 15) is 16.8 Å². The normalized spacial score (nSPS) is 11.3. The minimum absolute atomic E-state index is 0.213. The van der Waals surface area contributed by atoms with Crippen molar-refractivity contribution in [1.29, 1.82) is 0 Å². The number of hydrogen-bond acceptors (Lipinski definition) is 7. The Bertz CT molecular complexity index is 857. The molecule has 0 spiro atoms. The molecule has 1 heterocycles. The molecule has 24 heavy (non-hydrogen) atoms. The Morgan fingerprint density at radius 1 is 0.750 bits per heavy atom. The smallest absolute Gasteiger partial charge is 0.266 e. The van der Waals surface area contributed by atoms with Gasteiger partial charge in [0.05, 0.1) is 16.0 Å². The molecule has 0 aliphatic rings. The van der Waals surface area contributed by atoms with Crippen LogP contribution in [0.4, 0.5) is 0 Å². The average Bonchev–Trinajstić information content (AvgIpc) is 3.15. The largest absolute Gasteiger partial charge is 0.311 e. The Kier molecular flexibility index (Phi) is 5.79. The number of benzene rings is 2. The van der Waals surface area contributed by atoms with Crippen LogP contribution in [0, 0.1) is 0 Å². The van der Waals surface area contributed by atoms with Gasteiger partial charge < -0.3 is 0 Å². The third kappa shape index (κ3) is 4.98. The van der Waals surface area contributed by atoms with Crippen LogP contribution in [0.15, 0.2) is 82.8 Å². The van der Waals surface area contributed by atoms with E-state index in [2.05, 4.69) is 19.0 Å². The number of H-pyrrole nitrogens is 1. The summed E-state index contributed by atoms with van der Waals surface area (Å²) in [5.74, 6) is 0. The van der Waals surface area contributed by atoms with Crippen LogP contribution in [-0.4, -0.2) is 32.2 Å². The molecule has 0 radical (unpaired) electrons. The van der Waals surface area contributed by atoms with Crippen molar-refractivity contribution in [3.8, 4) is 0 Å². The standard InChI is InChI=1S/C12H10O5S2.C2H3N3/c13-18(14,11-7-3-1-4-8-11)17-19(15,16)12-9-5-2-6-10-12;1-2-4-5-3-1/h1-10H;1-2H,(H,3,4,5). The van der Waals surface area contributed by atoms with E-state index in [-0.39, 0.29) is 9.79 Å². The lowest BCUT2D eigenvalue weighted by Gasteiger charge is -2.05. The summed E-state index contributed by atoms with van der Waals surface area (Å²) >= 11 is 0. The molecule has 8 nitrogen and oxygen atoms in total. The fourth-order valence-electron chi connectivity index (χ4n) is 1.54. The van der Waals surface area contributed by atoms with Gasteiger partial charge in [-0.1, -0.05) is 41.6 Å². The van der Waals surface area contributed by atoms with Crippen LogP contribution in [0.2, 0.25) is 0 Å². The van der Waals surface area contributed by atoms with E-state index >= 15 is 0 Å². The van der Waals surface area contributed by atoms with Crippen LogP contribution in [0.3, 0.4) is 0 Å². The van der Waals surface area contributed by atoms with Crippen molar-refractivity contribution in [2.75, 3.05) is 0 Å². The van der Waals surface area contributed by atoms with Crippen LogP contribution in [0.1, 0.15) is 0 Å². The Balaban J connectivity index is 0.000000355. The first-order valence-electron chi connectivity index (χ1n) is 6.53. The maximum Gasteiger partial charge on any atom is 0.311 e. The first kappa shape index (κ1) is 17.8. The lowest BCUT2D eigenvalue weighted by atomic mass is 10.4. The molecule has 0 saturated carbocycles. The van der Waals surface area contributed by atoms with Gasteiger partial charge in [0.2, 0.25) is 0 Å². The Morgan fingerprint density at radius 2 is 1.21 bits per heavy atom. The second-order valence-electron chi connectivity index (χ2n) is 4.26. The third-order valence-electron chi connectivity index (χ3n) is 2.57. The average molecular weight is 367 g/mol. The van der Waals surface area contributed by atoms with Gasteiger partial charge in [-0.15, -0.1) is 8.73 Å². The lowest BCUT2D eigenvalue weighted by molar-refractivity contribution is 0.462. The Hall–Kier alpha value is -2.56. The van der Waals surface area contributed by atoms with Gasteiger partial charge in [0.15, 0.2) is 0 Å². The van der Waals surface area contributed by atoms with Crippen LogP contribution in [0.5, 0.6) is 0 Å². The first-order chi connectivity index (χ1) is 11.4. The van der Waals surface area contributed by atoms with Gasteiger partial charge in [-0.2, -0.15) is 16.8 Å². The third-order valence-corrected chi connectivity index (χ3v) is 5.71. The molecule has 3 aromatic rings. The molecular formula is C14H13N3O5S2. The maximum atomic E-state index is 11.8. The molecule has 0 bridgehead atoms. The zero-order valence-corrected chi connectivity index (χ0v) is 13.8. The zero-order valence-electron chi connectivity index (χ0n) is 12.2. The predicted octanol–water partition coefficient (Wildman–Crippen LogP) is 1.59.